The Kier molecular flexibility index (Phi) is 10.1. The third-order valence-corrected chi connectivity index (χ3v) is 11.7. The number of carbonyl (C=O) groups excluding carboxylic acids is 1. The smallest absolute Gasteiger partial charge is 0.321 e. The van der Waals surface area contributed by atoms with Crippen LogP contribution in [0.1, 0.15) is 47.2 Å². The summed E-state index contributed by atoms with van der Waals surface area (Å²) < 4.78 is 146. The summed E-state index contributed by atoms with van der Waals surface area (Å²) in [6.07, 6.45) is -7.55. The van der Waals surface area contributed by atoms with Crippen LogP contribution in [0.2, 0.25) is 5.02 Å². The van der Waals surface area contributed by atoms with Crippen molar-refractivity contribution in [2.24, 2.45) is 0 Å². The first-order valence-electron chi connectivity index (χ1n) is 17.6. The van der Waals surface area contributed by atoms with Gasteiger partial charge in [0, 0.05) is 28.9 Å². The highest BCUT2D eigenvalue weighted by molar-refractivity contribution is 9.10. The van der Waals surface area contributed by atoms with Crippen molar-refractivity contribution in [1.82, 2.24) is 34.4 Å². The van der Waals surface area contributed by atoms with Crippen molar-refractivity contribution in [3.8, 4) is 5.69 Å². The molecule has 0 spiro atoms. The van der Waals surface area contributed by atoms with Crippen molar-refractivity contribution < 1.29 is 58.5 Å². The lowest BCUT2D eigenvalue weighted by molar-refractivity contribution is -0.156. The van der Waals surface area contributed by atoms with E-state index in [1.807, 2.05) is 0 Å². The number of carbonyl (C=O) groups is 1. The summed E-state index contributed by atoms with van der Waals surface area (Å²) in [6, 6.07) is 7.00. The molecule has 3 atom stereocenters. The van der Waals surface area contributed by atoms with E-state index in [-0.39, 0.29) is 42.8 Å². The molecular formula is C36H26BrClF8N8O6S. The summed E-state index contributed by atoms with van der Waals surface area (Å²) >= 11 is 9.77. The molecule has 4 N–H and O–H groups in total. The molecule has 2 aliphatic carbocycles. The van der Waals surface area contributed by atoms with Crippen LogP contribution in [0.3, 0.4) is 0 Å². The Hall–Kier alpha value is -5.17. The van der Waals surface area contributed by atoms with Crippen LogP contribution >= 0.6 is 27.5 Å². The second-order valence-corrected chi connectivity index (χ2v) is 17.6. The van der Waals surface area contributed by atoms with Crippen molar-refractivity contribution in [1.29, 1.82) is 0 Å². The zero-order chi connectivity index (χ0) is 44.3. The van der Waals surface area contributed by atoms with E-state index < -0.39 is 124 Å². The van der Waals surface area contributed by atoms with Crippen molar-refractivity contribution in [2.45, 2.75) is 61.9 Å². The number of hydrogen-bond donors (Lipinski definition) is 4. The Balaban J connectivity index is 1.35. The Morgan fingerprint density at radius 2 is 1.70 bits per heavy atom. The number of nitrogens with zero attached hydrogens (tertiary/aromatic N) is 6. The van der Waals surface area contributed by atoms with Crippen LogP contribution in [-0.4, -0.2) is 71.9 Å². The lowest BCUT2D eigenvalue weighted by Gasteiger charge is -2.24. The first-order chi connectivity index (χ1) is 28.4. The molecular weight excluding hydrogens is 940 g/mol. The standard InChI is InChI=1S/C36H26BrClF8N8O6S/c1-61(59,60)51-31-25-19(38)4-5-22(28(25)52(50-31)11-23(41)42)54-32(48-20-9-15(37)2-3-18(20)33(54)56)21(8-14-6-16(39)10-17(40)7-14)47-24(55)12-53-29-26(27(49-53)30(43)44)34(57)13-35(34,58)36(29,45)46/h2-7,9-10,21,23,30,57-58H,8,11-13H2,1H3,(H,47,55)(H,50,51)/t21-,34+,35+/m0/s1. The minimum absolute atomic E-state index is 0.0622. The van der Waals surface area contributed by atoms with Crippen LogP contribution in [0.4, 0.5) is 40.9 Å². The first kappa shape index (κ1) is 42.5. The average molecular weight is 966 g/mol. The van der Waals surface area contributed by atoms with E-state index in [1.54, 1.807) is 0 Å². The number of nitrogens with one attached hydrogen (secondary N) is 2. The van der Waals surface area contributed by atoms with E-state index in [1.165, 1.54) is 24.3 Å². The molecule has 2 aliphatic rings. The van der Waals surface area contributed by atoms with Gasteiger partial charge in [0.25, 0.3) is 18.4 Å². The average Bonchev–Trinajstić information content (AvgIpc) is 3.35. The Labute approximate surface area is 349 Å². The van der Waals surface area contributed by atoms with Crippen LogP contribution in [0.15, 0.2) is 57.8 Å². The van der Waals surface area contributed by atoms with Crippen LogP contribution in [-0.2, 0) is 45.9 Å². The maximum absolute atomic E-state index is 15.6. The normalized spacial score (nSPS) is 19.8. The van der Waals surface area contributed by atoms with Gasteiger partial charge >= 0.3 is 5.92 Å². The number of aliphatic hydroxyl groups is 2. The molecule has 0 radical (unpaired) electrons. The lowest BCUT2D eigenvalue weighted by Crippen LogP contribution is -2.39. The highest BCUT2D eigenvalue weighted by Crippen LogP contribution is 2.73. The van der Waals surface area contributed by atoms with Crippen LogP contribution < -0.4 is 15.6 Å². The Morgan fingerprint density at radius 3 is 2.34 bits per heavy atom. The Morgan fingerprint density at radius 1 is 1.02 bits per heavy atom. The molecule has 1 fully saturated rings. The van der Waals surface area contributed by atoms with Gasteiger partial charge in [0.15, 0.2) is 11.4 Å². The minimum Gasteiger partial charge on any atom is -0.382 e. The fraction of sp³-hybridized carbons (Fsp3) is 0.306. The van der Waals surface area contributed by atoms with Crippen molar-refractivity contribution in [3.63, 3.8) is 0 Å². The summed E-state index contributed by atoms with van der Waals surface area (Å²) in [5.41, 5.74) is -11.6. The third kappa shape index (κ3) is 7.00. The number of rotatable bonds is 12. The molecule has 0 unspecified atom stereocenters. The molecule has 61 heavy (non-hydrogen) atoms. The molecule has 0 bridgehead atoms. The molecule has 3 aromatic carbocycles. The zero-order valence-corrected chi connectivity index (χ0v) is 33.7. The molecule has 3 aromatic heterocycles. The van der Waals surface area contributed by atoms with Gasteiger partial charge in [0.2, 0.25) is 15.9 Å². The Bertz CT molecular complexity index is 3000. The van der Waals surface area contributed by atoms with Gasteiger partial charge < -0.3 is 15.5 Å². The second kappa shape index (κ2) is 14.5. The number of alkyl halides is 6. The van der Waals surface area contributed by atoms with Crippen LogP contribution in [0.25, 0.3) is 27.5 Å². The van der Waals surface area contributed by atoms with Gasteiger partial charge in [-0.1, -0.05) is 27.5 Å². The third-order valence-electron chi connectivity index (χ3n) is 10.3. The van der Waals surface area contributed by atoms with Gasteiger partial charge in [-0.2, -0.15) is 19.0 Å². The van der Waals surface area contributed by atoms with E-state index in [2.05, 4.69) is 41.2 Å². The van der Waals surface area contributed by atoms with Crippen molar-refractivity contribution in [3.05, 3.63) is 108 Å². The topological polar surface area (TPSA) is 186 Å². The quantitative estimate of drug-likeness (QED) is 0.111. The van der Waals surface area contributed by atoms with Gasteiger partial charge in [-0.05, 0) is 48.0 Å². The molecule has 3 heterocycles. The fourth-order valence-electron chi connectivity index (χ4n) is 7.81. The number of aromatic nitrogens is 6. The van der Waals surface area contributed by atoms with Crippen molar-refractivity contribution in [2.75, 3.05) is 11.0 Å². The van der Waals surface area contributed by atoms with Crippen molar-refractivity contribution >= 4 is 71.1 Å². The monoisotopic (exact) mass is 964 g/mol. The summed E-state index contributed by atoms with van der Waals surface area (Å²) in [4.78, 5) is 33.3. The van der Waals surface area contributed by atoms with Gasteiger partial charge in [0.05, 0.1) is 44.8 Å². The van der Waals surface area contributed by atoms with E-state index in [4.69, 9.17) is 11.6 Å². The predicted octanol–water partition coefficient (Wildman–Crippen LogP) is 5.73. The van der Waals surface area contributed by atoms with E-state index in [0.29, 0.717) is 15.2 Å². The fourth-order valence-corrected chi connectivity index (χ4v) is 8.89. The molecule has 14 nitrogen and oxygen atoms in total. The minimum atomic E-state index is -4.38. The molecule has 1 amide bonds. The summed E-state index contributed by atoms with van der Waals surface area (Å²) in [7, 11) is -4.13. The molecule has 8 rings (SSSR count). The molecule has 6 aromatic rings. The number of hydrogen-bond acceptors (Lipinski definition) is 9. The maximum atomic E-state index is 15.6. The lowest BCUT2D eigenvalue weighted by atomic mass is 10.0. The van der Waals surface area contributed by atoms with Gasteiger partial charge in [-0.3, -0.25) is 28.2 Å². The summed E-state index contributed by atoms with van der Waals surface area (Å²) in [5, 5.41) is 30.6. The van der Waals surface area contributed by atoms with E-state index in [0.717, 1.165) is 29.0 Å². The molecule has 0 aliphatic heterocycles. The SMILES string of the molecule is CS(=O)(=O)Nc1nn(CC(F)F)c2c(-n3c([C@H](Cc4cc(F)cc(F)c4)NC(=O)Cn4nc(C(F)F)c5c4C(F)(F)[C@@]4(O)C[C@@]54O)nc4cc(Br)ccc4c3=O)ccc(Cl)c12. The molecule has 25 heteroatoms. The highest BCUT2D eigenvalue weighted by Gasteiger charge is 2.87. The highest BCUT2D eigenvalue weighted by atomic mass is 79.9. The van der Waals surface area contributed by atoms with E-state index >= 15 is 8.78 Å². The largest absolute Gasteiger partial charge is 0.382 e. The number of fused-ring (bicyclic) bond motifs is 5. The number of sulfonamides is 1. The molecule has 1 saturated carbocycles. The number of anilines is 1. The zero-order valence-electron chi connectivity index (χ0n) is 30.6. The van der Waals surface area contributed by atoms with Gasteiger partial charge in [-0.25, -0.2) is 39.7 Å². The first-order valence-corrected chi connectivity index (χ1v) is 20.6. The number of amides is 1. The second-order valence-electron chi connectivity index (χ2n) is 14.5. The predicted molar refractivity (Wildman–Crippen MR) is 203 cm³/mol. The van der Waals surface area contributed by atoms with Crippen LogP contribution in [0.5, 0.6) is 0 Å². The van der Waals surface area contributed by atoms with Gasteiger partial charge in [-0.15, -0.1) is 0 Å². The van der Waals surface area contributed by atoms with Crippen LogP contribution in [0, 0.1) is 11.6 Å². The van der Waals surface area contributed by atoms with E-state index in [9.17, 15) is 54.6 Å². The summed E-state index contributed by atoms with van der Waals surface area (Å²) in [5.74, 6) is -8.86. The number of benzene rings is 3. The summed E-state index contributed by atoms with van der Waals surface area (Å²) in [6.45, 7) is -2.47. The van der Waals surface area contributed by atoms with Gasteiger partial charge in [0.1, 0.15) is 47.5 Å². The maximum Gasteiger partial charge on any atom is 0.321 e. The molecule has 0 saturated heterocycles. The molecule has 322 valence electrons. The number of halogens is 10.